The van der Waals surface area contributed by atoms with E-state index in [1.54, 1.807) is 42.5 Å². The summed E-state index contributed by atoms with van der Waals surface area (Å²) in [7, 11) is 0. The third-order valence-corrected chi connectivity index (χ3v) is 5.75. The van der Waals surface area contributed by atoms with Gasteiger partial charge in [-0.15, -0.1) is 6.58 Å². The number of carbonyl (C=O) groups is 3. The van der Waals surface area contributed by atoms with Crippen LogP contribution in [0.25, 0.3) is 6.08 Å². The average Bonchev–Trinajstić information content (AvgIpc) is 2.88. The van der Waals surface area contributed by atoms with Crippen LogP contribution in [0.15, 0.2) is 85.0 Å². The van der Waals surface area contributed by atoms with E-state index in [0.29, 0.717) is 42.4 Å². The van der Waals surface area contributed by atoms with Gasteiger partial charge in [-0.3, -0.25) is 14.9 Å². The fraction of sp³-hybridized carbons (Fsp3) is 0.167. The molecule has 1 N–H and O–H groups in total. The first-order valence-corrected chi connectivity index (χ1v) is 12.0. The third-order valence-electron chi connectivity index (χ3n) is 5.75. The Morgan fingerprint density at radius 3 is 2.38 bits per heavy atom. The molecule has 4 rings (SSSR count). The van der Waals surface area contributed by atoms with E-state index in [0.717, 1.165) is 21.6 Å². The minimum absolute atomic E-state index is 0.163. The summed E-state index contributed by atoms with van der Waals surface area (Å²) in [5.41, 5.74) is 3.73. The molecule has 0 radical (unpaired) electrons. The van der Waals surface area contributed by atoms with Crippen LogP contribution >= 0.6 is 0 Å². The molecule has 1 fully saturated rings. The summed E-state index contributed by atoms with van der Waals surface area (Å²) < 4.78 is 12.1. The number of rotatable bonds is 9. The first-order chi connectivity index (χ1) is 17.9. The zero-order valence-corrected chi connectivity index (χ0v) is 20.8. The Balaban J connectivity index is 1.71. The van der Waals surface area contributed by atoms with Crippen molar-refractivity contribution >= 4 is 29.6 Å². The van der Waals surface area contributed by atoms with Crippen molar-refractivity contribution in [1.82, 2.24) is 5.32 Å². The number of hydrogen-bond donors (Lipinski definition) is 1. The predicted octanol–water partition coefficient (Wildman–Crippen LogP) is 5.37. The SMILES string of the molecule is C=CCc1cc(/C=C2\C(=O)NC(=O)N(c3ccccc3)C2=O)cc(OCC)c1OCc1ccc(C)cc1. The fourth-order valence-electron chi connectivity index (χ4n) is 3.98. The topological polar surface area (TPSA) is 84.9 Å². The monoisotopic (exact) mass is 496 g/mol. The second-order valence-electron chi connectivity index (χ2n) is 8.50. The number of allylic oxidation sites excluding steroid dienone is 1. The van der Waals surface area contributed by atoms with Gasteiger partial charge in [0.25, 0.3) is 11.8 Å². The van der Waals surface area contributed by atoms with Gasteiger partial charge in [-0.05, 0) is 61.7 Å². The van der Waals surface area contributed by atoms with Crippen LogP contribution in [0.5, 0.6) is 11.5 Å². The van der Waals surface area contributed by atoms with Crippen molar-refractivity contribution in [3.05, 3.63) is 107 Å². The molecule has 0 aliphatic carbocycles. The quantitative estimate of drug-likeness (QED) is 0.245. The lowest BCUT2D eigenvalue weighted by Gasteiger charge is -2.26. The zero-order valence-electron chi connectivity index (χ0n) is 20.8. The standard InChI is InChI=1S/C30H28N2O5/c1-4-9-23-16-22(18-26(36-5-2)27(23)37-19-21-14-12-20(3)13-15-21)17-25-28(33)31-30(35)32(29(25)34)24-10-7-6-8-11-24/h4,6-8,10-18H,1,5,9,19H2,2-3H3,(H,31,33,35)/b25-17+. The highest BCUT2D eigenvalue weighted by atomic mass is 16.5. The molecule has 0 bridgehead atoms. The second-order valence-corrected chi connectivity index (χ2v) is 8.50. The number of carbonyl (C=O) groups excluding carboxylic acids is 3. The number of nitrogens with zero attached hydrogens (tertiary/aromatic N) is 1. The van der Waals surface area contributed by atoms with E-state index in [-0.39, 0.29) is 5.57 Å². The normalized spacial score (nSPS) is 14.5. The van der Waals surface area contributed by atoms with E-state index in [4.69, 9.17) is 9.47 Å². The average molecular weight is 497 g/mol. The largest absolute Gasteiger partial charge is 0.490 e. The minimum Gasteiger partial charge on any atom is -0.490 e. The summed E-state index contributed by atoms with van der Waals surface area (Å²) in [5, 5.41) is 2.25. The fourth-order valence-corrected chi connectivity index (χ4v) is 3.98. The number of nitrogens with one attached hydrogen (secondary N) is 1. The number of benzene rings is 3. The molecule has 1 heterocycles. The number of imide groups is 2. The Kier molecular flexibility index (Phi) is 7.83. The lowest BCUT2D eigenvalue weighted by molar-refractivity contribution is -0.122. The van der Waals surface area contributed by atoms with Gasteiger partial charge < -0.3 is 9.47 Å². The molecule has 1 aliphatic rings. The van der Waals surface area contributed by atoms with E-state index in [1.165, 1.54) is 6.08 Å². The van der Waals surface area contributed by atoms with Gasteiger partial charge in [-0.25, -0.2) is 9.69 Å². The number of urea groups is 1. The number of ether oxygens (including phenoxy) is 2. The van der Waals surface area contributed by atoms with Crippen LogP contribution in [0.1, 0.15) is 29.2 Å². The van der Waals surface area contributed by atoms with Crippen molar-refractivity contribution in [2.24, 2.45) is 0 Å². The number of hydrogen-bond acceptors (Lipinski definition) is 5. The lowest BCUT2D eigenvalue weighted by Crippen LogP contribution is -2.54. The number of para-hydroxylation sites is 1. The van der Waals surface area contributed by atoms with Crippen LogP contribution in [0.3, 0.4) is 0 Å². The van der Waals surface area contributed by atoms with Crippen molar-refractivity contribution in [3.63, 3.8) is 0 Å². The Bertz CT molecular complexity index is 1360. The van der Waals surface area contributed by atoms with Gasteiger partial charge in [0.2, 0.25) is 0 Å². The first kappa shape index (κ1) is 25.4. The molecule has 0 unspecified atom stereocenters. The van der Waals surface area contributed by atoms with Crippen molar-refractivity contribution in [1.29, 1.82) is 0 Å². The van der Waals surface area contributed by atoms with Crippen LogP contribution < -0.4 is 19.7 Å². The van der Waals surface area contributed by atoms with Gasteiger partial charge in [0.05, 0.1) is 12.3 Å². The van der Waals surface area contributed by atoms with Gasteiger partial charge in [0, 0.05) is 5.56 Å². The molecular weight excluding hydrogens is 468 g/mol. The van der Waals surface area contributed by atoms with Gasteiger partial charge in [0.1, 0.15) is 12.2 Å². The summed E-state index contributed by atoms with van der Waals surface area (Å²) >= 11 is 0. The summed E-state index contributed by atoms with van der Waals surface area (Å²) in [4.78, 5) is 39.3. The second kappa shape index (κ2) is 11.4. The van der Waals surface area contributed by atoms with Crippen LogP contribution in [-0.2, 0) is 22.6 Å². The van der Waals surface area contributed by atoms with Gasteiger partial charge in [0.15, 0.2) is 11.5 Å². The maximum Gasteiger partial charge on any atom is 0.335 e. The lowest BCUT2D eigenvalue weighted by atomic mass is 10.0. The molecule has 3 aromatic carbocycles. The highest BCUT2D eigenvalue weighted by Gasteiger charge is 2.36. The predicted molar refractivity (Wildman–Crippen MR) is 142 cm³/mol. The molecule has 4 amide bonds. The molecule has 7 nitrogen and oxygen atoms in total. The van der Waals surface area contributed by atoms with Crippen molar-refractivity contribution in [2.75, 3.05) is 11.5 Å². The number of anilines is 1. The summed E-state index contributed by atoms with van der Waals surface area (Å²) in [5.74, 6) is -0.404. The third kappa shape index (κ3) is 5.78. The smallest absolute Gasteiger partial charge is 0.335 e. The number of amides is 4. The molecule has 1 saturated heterocycles. The number of aryl methyl sites for hydroxylation is 1. The molecule has 0 aromatic heterocycles. The van der Waals surface area contributed by atoms with Crippen LogP contribution in [0.2, 0.25) is 0 Å². The summed E-state index contributed by atoms with van der Waals surface area (Å²) in [6, 6.07) is 19.3. The molecule has 3 aromatic rings. The Morgan fingerprint density at radius 1 is 0.973 bits per heavy atom. The first-order valence-electron chi connectivity index (χ1n) is 12.0. The van der Waals surface area contributed by atoms with Crippen LogP contribution in [-0.4, -0.2) is 24.5 Å². The molecular formula is C30H28N2O5. The van der Waals surface area contributed by atoms with Gasteiger partial charge >= 0.3 is 6.03 Å². The minimum atomic E-state index is -0.791. The number of barbiturate groups is 1. The van der Waals surface area contributed by atoms with Crippen LogP contribution in [0.4, 0.5) is 10.5 Å². The zero-order chi connectivity index (χ0) is 26.4. The highest BCUT2D eigenvalue weighted by molar-refractivity contribution is 6.39. The van der Waals surface area contributed by atoms with E-state index >= 15 is 0 Å². The van der Waals surface area contributed by atoms with Crippen LogP contribution in [0, 0.1) is 6.92 Å². The Hall–Kier alpha value is -4.65. The summed E-state index contributed by atoms with van der Waals surface area (Å²) in [6.07, 6.45) is 3.68. The van der Waals surface area contributed by atoms with E-state index < -0.39 is 17.8 Å². The maximum atomic E-state index is 13.2. The molecule has 7 heteroatoms. The van der Waals surface area contributed by atoms with Gasteiger partial charge in [-0.1, -0.05) is 54.1 Å². The highest BCUT2D eigenvalue weighted by Crippen LogP contribution is 2.36. The van der Waals surface area contributed by atoms with Gasteiger partial charge in [-0.2, -0.15) is 0 Å². The Labute approximate surface area is 216 Å². The summed E-state index contributed by atoms with van der Waals surface area (Å²) in [6.45, 7) is 8.48. The Morgan fingerprint density at radius 2 is 1.70 bits per heavy atom. The van der Waals surface area contributed by atoms with E-state index in [2.05, 4.69) is 11.9 Å². The molecule has 1 aliphatic heterocycles. The molecule has 37 heavy (non-hydrogen) atoms. The maximum absolute atomic E-state index is 13.2. The van der Waals surface area contributed by atoms with Crippen molar-refractivity contribution < 1.29 is 23.9 Å². The van der Waals surface area contributed by atoms with Crippen molar-refractivity contribution in [2.45, 2.75) is 26.9 Å². The molecule has 0 atom stereocenters. The van der Waals surface area contributed by atoms with E-state index in [9.17, 15) is 14.4 Å². The molecule has 188 valence electrons. The molecule has 0 saturated carbocycles. The molecule has 0 spiro atoms. The van der Waals surface area contributed by atoms with E-state index in [1.807, 2.05) is 44.2 Å². The van der Waals surface area contributed by atoms with Crippen molar-refractivity contribution in [3.8, 4) is 11.5 Å².